The first-order valence-corrected chi connectivity index (χ1v) is 11.3. The first-order valence-electron chi connectivity index (χ1n) is 9.32. The molecule has 2 aliphatic rings. The molecule has 1 aromatic rings. The summed E-state index contributed by atoms with van der Waals surface area (Å²) < 4.78 is 27.6. The Hall–Kier alpha value is -2.12. The van der Waals surface area contributed by atoms with Crippen LogP contribution >= 0.6 is 11.6 Å². The monoisotopic (exact) mass is 421 g/mol. The van der Waals surface area contributed by atoms with E-state index in [0.29, 0.717) is 18.1 Å². The van der Waals surface area contributed by atoms with E-state index in [0.717, 1.165) is 18.4 Å². The number of allylic oxidation sites excluding steroid dienone is 2. The van der Waals surface area contributed by atoms with Gasteiger partial charge in [0.05, 0.1) is 11.3 Å². The van der Waals surface area contributed by atoms with Gasteiger partial charge in [0.25, 0.3) is 15.9 Å². The van der Waals surface area contributed by atoms with E-state index in [1.54, 1.807) is 23.3 Å². The quantitative estimate of drug-likeness (QED) is 0.765. The zero-order valence-electron chi connectivity index (χ0n) is 16.0. The van der Waals surface area contributed by atoms with Gasteiger partial charge >= 0.3 is 0 Å². The maximum absolute atomic E-state index is 12.9. The van der Waals surface area contributed by atoms with Gasteiger partial charge in [-0.15, -0.1) is 4.40 Å². The number of carbonyl (C=O) groups is 1. The Labute approximate surface area is 171 Å². The Bertz CT molecular complexity index is 945. The predicted octanol–water partition coefficient (Wildman–Crippen LogP) is 3.01. The van der Waals surface area contributed by atoms with E-state index in [-0.39, 0.29) is 28.5 Å². The molecule has 3 rings (SSSR count). The summed E-state index contributed by atoms with van der Waals surface area (Å²) in [4.78, 5) is 14.6. The Morgan fingerprint density at radius 3 is 2.57 bits per heavy atom. The van der Waals surface area contributed by atoms with Crippen molar-refractivity contribution in [1.82, 2.24) is 10.2 Å². The third-order valence-corrected chi connectivity index (χ3v) is 6.90. The van der Waals surface area contributed by atoms with Gasteiger partial charge in [0.1, 0.15) is 0 Å². The first-order chi connectivity index (χ1) is 13.3. The van der Waals surface area contributed by atoms with Crippen LogP contribution < -0.4 is 5.32 Å². The molecule has 1 amide bonds. The maximum atomic E-state index is 12.9. The van der Waals surface area contributed by atoms with Crippen LogP contribution in [0.2, 0.25) is 5.02 Å². The number of amidine groups is 1. The number of sulfonamides is 1. The third-order valence-electron chi connectivity index (χ3n) is 5.50. The van der Waals surface area contributed by atoms with Gasteiger partial charge in [0.2, 0.25) is 0 Å². The first kappa shape index (κ1) is 20.6. The predicted molar refractivity (Wildman–Crippen MR) is 112 cm³/mol. The van der Waals surface area contributed by atoms with Crippen molar-refractivity contribution in [3.05, 3.63) is 58.8 Å². The number of nitrogens with zero attached hydrogens (tertiary/aromatic N) is 2. The summed E-state index contributed by atoms with van der Waals surface area (Å²) in [5.74, 6) is -0.192. The number of rotatable bonds is 6. The van der Waals surface area contributed by atoms with Gasteiger partial charge in [0.15, 0.2) is 5.84 Å². The molecule has 2 heterocycles. The van der Waals surface area contributed by atoms with Crippen LogP contribution in [-0.4, -0.2) is 43.9 Å². The van der Waals surface area contributed by atoms with Crippen LogP contribution in [0.3, 0.4) is 0 Å². The number of benzene rings is 1. The van der Waals surface area contributed by atoms with Gasteiger partial charge < -0.3 is 10.2 Å². The van der Waals surface area contributed by atoms with Crippen molar-refractivity contribution >= 4 is 33.4 Å². The highest BCUT2D eigenvalue weighted by Crippen LogP contribution is 2.32. The van der Waals surface area contributed by atoms with Gasteiger partial charge in [-0.05, 0) is 42.7 Å². The van der Waals surface area contributed by atoms with Gasteiger partial charge in [-0.25, -0.2) is 8.42 Å². The second kappa shape index (κ2) is 8.09. The van der Waals surface area contributed by atoms with Crippen LogP contribution in [-0.2, 0) is 20.2 Å². The van der Waals surface area contributed by atoms with Crippen LogP contribution in [0.1, 0.15) is 32.3 Å². The second-order valence-corrected chi connectivity index (χ2v) is 9.18. The average molecular weight is 422 g/mol. The van der Waals surface area contributed by atoms with Gasteiger partial charge in [-0.3, -0.25) is 4.79 Å². The van der Waals surface area contributed by atoms with Crippen LogP contribution in [0.5, 0.6) is 0 Å². The number of halogens is 1. The SMILES string of the molecule is CCC(CC)(CNC(=O)C1=CC=CN2CCS(=O)(=O)N=C12)c1ccc(Cl)cc1. The highest BCUT2D eigenvalue weighted by atomic mass is 35.5. The van der Waals surface area contributed by atoms with Crippen molar-refractivity contribution < 1.29 is 13.2 Å². The second-order valence-electron chi connectivity index (χ2n) is 6.99. The Morgan fingerprint density at radius 1 is 1.25 bits per heavy atom. The lowest BCUT2D eigenvalue weighted by Gasteiger charge is -2.33. The zero-order valence-corrected chi connectivity index (χ0v) is 17.6. The molecule has 0 atom stereocenters. The molecule has 8 heteroatoms. The minimum absolute atomic E-state index is 0.0545. The minimum atomic E-state index is -3.54. The Morgan fingerprint density at radius 2 is 1.93 bits per heavy atom. The highest BCUT2D eigenvalue weighted by molar-refractivity contribution is 7.90. The number of fused-ring (bicyclic) bond motifs is 1. The fourth-order valence-electron chi connectivity index (χ4n) is 3.55. The van der Waals surface area contributed by atoms with Crippen LogP contribution in [0.4, 0.5) is 0 Å². The van der Waals surface area contributed by atoms with E-state index < -0.39 is 10.0 Å². The topological polar surface area (TPSA) is 78.8 Å². The molecular weight excluding hydrogens is 398 g/mol. The molecule has 0 saturated carbocycles. The van der Waals surface area contributed by atoms with Gasteiger partial charge in [0, 0.05) is 29.7 Å². The molecule has 28 heavy (non-hydrogen) atoms. The molecule has 1 N–H and O–H groups in total. The summed E-state index contributed by atoms with van der Waals surface area (Å²) >= 11 is 6.01. The molecule has 0 aromatic heterocycles. The standard InChI is InChI=1S/C20H24ClN3O3S/c1-3-20(4-2,15-7-9-16(21)10-8-15)14-22-19(25)17-6-5-11-24-12-13-28(26,27)23-18(17)24/h5-11H,3-4,12-14H2,1-2H3,(H,22,25). The van der Waals surface area contributed by atoms with Crippen molar-refractivity contribution in [2.75, 3.05) is 18.8 Å². The summed E-state index contributed by atoms with van der Waals surface area (Å²) in [6.45, 7) is 4.90. The molecular formula is C20H24ClN3O3S. The summed E-state index contributed by atoms with van der Waals surface area (Å²) in [6.07, 6.45) is 6.75. The number of amides is 1. The summed E-state index contributed by atoms with van der Waals surface area (Å²) in [7, 11) is -3.54. The largest absolute Gasteiger partial charge is 0.351 e. The normalized spacial score (nSPS) is 18.2. The van der Waals surface area contributed by atoms with Crippen molar-refractivity contribution in [2.24, 2.45) is 4.40 Å². The van der Waals surface area contributed by atoms with E-state index in [9.17, 15) is 13.2 Å². The molecule has 0 unspecified atom stereocenters. The van der Waals surface area contributed by atoms with Crippen molar-refractivity contribution in [2.45, 2.75) is 32.1 Å². The molecule has 0 radical (unpaired) electrons. The lowest BCUT2D eigenvalue weighted by atomic mass is 9.75. The Kier molecular flexibility index (Phi) is 5.95. The fraction of sp³-hybridized carbons (Fsp3) is 0.400. The summed E-state index contributed by atoms with van der Waals surface area (Å²) in [5, 5.41) is 3.66. The molecule has 1 aromatic carbocycles. The van der Waals surface area contributed by atoms with E-state index in [1.807, 2.05) is 24.3 Å². The minimum Gasteiger partial charge on any atom is -0.351 e. The van der Waals surface area contributed by atoms with E-state index in [1.165, 1.54) is 0 Å². The maximum Gasteiger partial charge on any atom is 0.256 e. The number of carbonyl (C=O) groups excluding carboxylic acids is 1. The summed E-state index contributed by atoms with van der Waals surface area (Å²) in [6, 6.07) is 7.69. The van der Waals surface area contributed by atoms with Crippen molar-refractivity contribution in [3.8, 4) is 0 Å². The molecule has 6 nitrogen and oxygen atoms in total. The van der Waals surface area contributed by atoms with Crippen LogP contribution in [0, 0.1) is 0 Å². The Balaban J connectivity index is 1.81. The highest BCUT2D eigenvalue weighted by Gasteiger charge is 2.33. The van der Waals surface area contributed by atoms with Crippen LogP contribution in [0.15, 0.2) is 52.6 Å². The van der Waals surface area contributed by atoms with E-state index in [4.69, 9.17) is 11.6 Å². The lowest BCUT2D eigenvalue weighted by molar-refractivity contribution is -0.117. The molecule has 0 bridgehead atoms. The van der Waals surface area contributed by atoms with Crippen molar-refractivity contribution in [1.29, 1.82) is 0 Å². The van der Waals surface area contributed by atoms with Crippen LogP contribution in [0.25, 0.3) is 0 Å². The molecule has 150 valence electrons. The fourth-order valence-corrected chi connectivity index (χ4v) is 4.66. The summed E-state index contributed by atoms with van der Waals surface area (Å²) in [5.41, 5.74) is 1.15. The van der Waals surface area contributed by atoms with Gasteiger partial charge in [-0.1, -0.05) is 37.6 Å². The number of hydrogen-bond donors (Lipinski definition) is 1. The molecule has 0 fully saturated rings. The molecule has 0 spiro atoms. The lowest BCUT2D eigenvalue weighted by Crippen LogP contribution is -2.45. The van der Waals surface area contributed by atoms with Gasteiger partial charge in [-0.2, -0.15) is 0 Å². The van der Waals surface area contributed by atoms with Crippen molar-refractivity contribution in [3.63, 3.8) is 0 Å². The molecule has 2 aliphatic heterocycles. The van der Waals surface area contributed by atoms with E-state index >= 15 is 0 Å². The zero-order chi connectivity index (χ0) is 20.4. The molecule has 0 aliphatic carbocycles. The van der Waals surface area contributed by atoms with E-state index in [2.05, 4.69) is 23.6 Å². The third kappa shape index (κ3) is 4.15. The molecule has 0 saturated heterocycles. The number of hydrogen-bond acceptors (Lipinski definition) is 4. The smallest absolute Gasteiger partial charge is 0.256 e. The number of nitrogens with one attached hydrogen (secondary N) is 1. The average Bonchev–Trinajstić information content (AvgIpc) is 2.69.